The molecule has 26 heavy (non-hydrogen) atoms. The summed E-state index contributed by atoms with van der Waals surface area (Å²) in [5, 5.41) is 2.55. The number of fused-ring (bicyclic) bond motifs is 1. The molecule has 1 aromatic carbocycles. The number of anilines is 1. The van der Waals surface area contributed by atoms with E-state index in [1.54, 1.807) is 16.3 Å². The zero-order chi connectivity index (χ0) is 18.7. The summed E-state index contributed by atoms with van der Waals surface area (Å²) >= 11 is 0. The molecular formula is C18H27N3O4S. The fourth-order valence-corrected chi connectivity index (χ4v) is 6.04. The Hall–Kier alpha value is -1.64. The van der Waals surface area contributed by atoms with Gasteiger partial charge in [-0.25, -0.2) is 13.2 Å². The third kappa shape index (κ3) is 3.87. The van der Waals surface area contributed by atoms with Gasteiger partial charge in [0.25, 0.3) is 0 Å². The van der Waals surface area contributed by atoms with Crippen molar-refractivity contribution in [3.8, 4) is 0 Å². The van der Waals surface area contributed by atoms with Crippen molar-refractivity contribution in [2.45, 2.75) is 25.0 Å². The van der Waals surface area contributed by atoms with Gasteiger partial charge in [0, 0.05) is 39.0 Å². The van der Waals surface area contributed by atoms with Gasteiger partial charge in [0.2, 0.25) is 10.0 Å². The maximum absolute atomic E-state index is 12.7. The van der Waals surface area contributed by atoms with Crippen LogP contribution in [0.2, 0.25) is 0 Å². The Kier molecular flexibility index (Phi) is 5.84. The number of methoxy groups -OCH3 is 1. The van der Waals surface area contributed by atoms with Crippen LogP contribution >= 0.6 is 0 Å². The molecule has 2 aliphatic rings. The first-order valence-corrected chi connectivity index (χ1v) is 10.5. The minimum atomic E-state index is -3.30. The van der Waals surface area contributed by atoms with Crippen molar-refractivity contribution in [1.82, 2.24) is 9.21 Å². The number of nitrogens with one attached hydrogen (secondary N) is 1. The summed E-state index contributed by atoms with van der Waals surface area (Å²) in [5.74, 6) is 0.0770. The van der Waals surface area contributed by atoms with Gasteiger partial charge in [-0.15, -0.1) is 0 Å². The lowest BCUT2D eigenvalue weighted by molar-refractivity contribution is 0.178. The number of benzene rings is 1. The molecule has 0 unspecified atom stereocenters. The number of urea groups is 1. The molecule has 3 rings (SSSR count). The first kappa shape index (κ1) is 19.1. The average molecular weight is 381 g/mol. The summed E-state index contributed by atoms with van der Waals surface area (Å²) in [6, 6.07) is 7.48. The number of nitrogens with zero attached hydrogens (tertiary/aromatic N) is 2. The number of ether oxygens (including phenoxy) is 1. The van der Waals surface area contributed by atoms with E-state index in [1.165, 1.54) is 0 Å². The Labute approximate surface area is 155 Å². The summed E-state index contributed by atoms with van der Waals surface area (Å²) in [6.07, 6.45) is 1.19. The predicted molar refractivity (Wildman–Crippen MR) is 101 cm³/mol. The number of likely N-dealkylation sites (tertiary alicyclic amines) is 1. The zero-order valence-corrected chi connectivity index (χ0v) is 16.2. The number of sulfonamides is 1. The molecule has 0 saturated carbocycles. The van der Waals surface area contributed by atoms with Crippen LogP contribution in [-0.4, -0.2) is 68.8 Å². The van der Waals surface area contributed by atoms with Gasteiger partial charge in [-0.05, 0) is 37.3 Å². The van der Waals surface area contributed by atoms with E-state index in [9.17, 15) is 13.2 Å². The van der Waals surface area contributed by atoms with Gasteiger partial charge < -0.3 is 15.0 Å². The zero-order valence-electron chi connectivity index (χ0n) is 15.3. The van der Waals surface area contributed by atoms with Crippen molar-refractivity contribution in [2.24, 2.45) is 5.92 Å². The highest BCUT2D eigenvalue weighted by Crippen LogP contribution is 2.34. The lowest BCUT2D eigenvalue weighted by Crippen LogP contribution is -2.38. The van der Waals surface area contributed by atoms with E-state index in [2.05, 4.69) is 5.32 Å². The van der Waals surface area contributed by atoms with E-state index in [4.69, 9.17) is 4.74 Å². The Balaban J connectivity index is 1.63. The Morgan fingerprint density at radius 2 is 2.00 bits per heavy atom. The molecule has 1 N–H and O–H groups in total. The number of amides is 2. The molecule has 8 heteroatoms. The second kappa shape index (κ2) is 7.94. The van der Waals surface area contributed by atoms with Crippen LogP contribution in [0.3, 0.4) is 0 Å². The van der Waals surface area contributed by atoms with Gasteiger partial charge in [-0.2, -0.15) is 4.31 Å². The van der Waals surface area contributed by atoms with Crippen molar-refractivity contribution in [1.29, 1.82) is 0 Å². The van der Waals surface area contributed by atoms with Crippen molar-refractivity contribution >= 4 is 21.7 Å². The minimum absolute atomic E-state index is 0.0770. The van der Waals surface area contributed by atoms with Crippen LogP contribution in [-0.2, 0) is 14.8 Å². The third-order valence-electron chi connectivity index (χ3n) is 5.38. The van der Waals surface area contributed by atoms with Crippen LogP contribution in [0.1, 0.15) is 18.4 Å². The van der Waals surface area contributed by atoms with E-state index >= 15 is 0 Å². The maximum Gasteiger partial charge on any atom is 0.321 e. The van der Waals surface area contributed by atoms with Crippen LogP contribution in [0.25, 0.3) is 0 Å². The number of rotatable bonds is 4. The van der Waals surface area contributed by atoms with Gasteiger partial charge in [0.1, 0.15) is 0 Å². The van der Waals surface area contributed by atoms with Crippen LogP contribution in [0.5, 0.6) is 0 Å². The number of carbonyl (C=O) groups is 1. The molecule has 0 radical (unpaired) electrons. The highest BCUT2D eigenvalue weighted by atomic mass is 32.2. The number of hydrogen-bond acceptors (Lipinski definition) is 4. The molecule has 2 amide bonds. The molecule has 2 fully saturated rings. The average Bonchev–Trinajstić information content (AvgIpc) is 2.76. The second-order valence-corrected chi connectivity index (χ2v) is 9.16. The molecule has 2 atom stereocenters. The molecule has 2 saturated heterocycles. The van der Waals surface area contributed by atoms with Gasteiger partial charge in [0.15, 0.2) is 0 Å². The topological polar surface area (TPSA) is 79.0 Å². The van der Waals surface area contributed by atoms with E-state index in [0.717, 1.165) is 11.3 Å². The van der Waals surface area contributed by atoms with E-state index < -0.39 is 15.3 Å². The molecule has 0 aliphatic carbocycles. The molecule has 0 bridgehead atoms. The fraction of sp³-hybridized carbons (Fsp3) is 0.611. The van der Waals surface area contributed by atoms with Crippen LogP contribution in [0.4, 0.5) is 10.5 Å². The van der Waals surface area contributed by atoms with Gasteiger partial charge in [-0.3, -0.25) is 0 Å². The highest BCUT2D eigenvalue weighted by molar-refractivity contribution is 7.90. The molecular weight excluding hydrogens is 354 g/mol. The smallest absolute Gasteiger partial charge is 0.321 e. The normalized spacial score (nSPS) is 25.5. The molecule has 144 valence electrons. The lowest BCUT2D eigenvalue weighted by atomic mass is 10.0. The van der Waals surface area contributed by atoms with Crippen molar-refractivity contribution in [2.75, 3.05) is 45.2 Å². The summed E-state index contributed by atoms with van der Waals surface area (Å²) in [5.41, 5.74) is 1.80. The summed E-state index contributed by atoms with van der Waals surface area (Å²) < 4.78 is 32.1. The second-order valence-electron chi connectivity index (χ2n) is 7.00. The molecule has 7 nitrogen and oxygen atoms in total. The SMILES string of the molecule is COCCN1C[C@H]2CCN(C(=O)Nc3ccccc3C)CC[C@H]2S1(=O)=O. The number of hydrogen-bond donors (Lipinski definition) is 1. The van der Waals surface area contributed by atoms with Gasteiger partial charge in [0.05, 0.1) is 11.9 Å². The molecule has 1 aromatic rings. The lowest BCUT2D eigenvalue weighted by Gasteiger charge is -2.23. The molecule has 0 spiro atoms. The van der Waals surface area contributed by atoms with Gasteiger partial charge in [-0.1, -0.05) is 18.2 Å². The first-order valence-electron chi connectivity index (χ1n) is 9.03. The van der Waals surface area contributed by atoms with Crippen LogP contribution in [0, 0.1) is 12.8 Å². The van der Waals surface area contributed by atoms with E-state index in [1.807, 2.05) is 31.2 Å². The largest absolute Gasteiger partial charge is 0.383 e. The van der Waals surface area contributed by atoms with E-state index in [0.29, 0.717) is 45.6 Å². The van der Waals surface area contributed by atoms with Crippen LogP contribution in [0.15, 0.2) is 24.3 Å². The minimum Gasteiger partial charge on any atom is -0.383 e. The quantitative estimate of drug-likeness (QED) is 0.864. The summed E-state index contributed by atoms with van der Waals surface area (Å²) in [6.45, 7) is 4.32. The standard InChI is InChI=1S/C18H27N3O4S/c1-14-5-3-4-6-16(14)19-18(22)20-9-7-15-13-21(11-12-25-2)26(23,24)17(15)8-10-20/h3-6,15,17H,7-13H2,1-2H3,(H,19,22)/t15-,17-/m1/s1. The number of para-hydroxylation sites is 1. The van der Waals surface area contributed by atoms with Crippen molar-refractivity contribution in [3.63, 3.8) is 0 Å². The van der Waals surface area contributed by atoms with Crippen molar-refractivity contribution in [3.05, 3.63) is 29.8 Å². The monoisotopic (exact) mass is 381 g/mol. The highest BCUT2D eigenvalue weighted by Gasteiger charge is 2.46. The molecule has 2 aliphatic heterocycles. The number of aryl methyl sites for hydroxylation is 1. The molecule has 0 aromatic heterocycles. The van der Waals surface area contributed by atoms with E-state index in [-0.39, 0.29) is 11.9 Å². The fourth-order valence-electron chi connectivity index (χ4n) is 3.82. The number of carbonyl (C=O) groups excluding carboxylic acids is 1. The first-order chi connectivity index (χ1) is 12.4. The summed E-state index contributed by atoms with van der Waals surface area (Å²) in [7, 11) is -1.73. The van der Waals surface area contributed by atoms with Crippen LogP contribution < -0.4 is 5.32 Å². The Morgan fingerprint density at radius 1 is 1.27 bits per heavy atom. The Morgan fingerprint density at radius 3 is 2.73 bits per heavy atom. The third-order valence-corrected chi connectivity index (χ3v) is 7.82. The van der Waals surface area contributed by atoms with Gasteiger partial charge >= 0.3 is 6.03 Å². The summed E-state index contributed by atoms with van der Waals surface area (Å²) in [4.78, 5) is 14.3. The predicted octanol–water partition coefficient (Wildman–Crippen LogP) is 1.90. The van der Waals surface area contributed by atoms with Crippen molar-refractivity contribution < 1.29 is 17.9 Å². The Bertz CT molecular complexity index is 753. The molecule has 2 heterocycles. The maximum atomic E-state index is 12.7.